The smallest absolute Gasteiger partial charge is 0.259 e. The number of aromatic nitrogens is 3. The SMILES string of the molecule is Cl.NC1(c2noc(-c3ccccc3SCc3cscn3)n2)CCC1. The Morgan fingerprint density at radius 2 is 2.12 bits per heavy atom. The summed E-state index contributed by atoms with van der Waals surface area (Å²) in [6, 6.07) is 8.07. The molecule has 0 saturated heterocycles. The zero-order valence-electron chi connectivity index (χ0n) is 12.8. The average Bonchev–Trinajstić information content (AvgIpc) is 3.22. The highest BCUT2D eigenvalue weighted by Gasteiger charge is 2.39. The molecule has 4 rings (SSSR count). The van der Waals surface area contributed by atoms with E-state index in [2.05, 4.69) is 26.6 Å². The predicted octanol–water partition coefficient (Wildman–Crippen LogP) is 4.25. The average molecular weight is 381 g/mol. The maximum absolute atomic E-state index is 6.28. The van der Waals surface area contributed by atoms with Gasteiger partial charge in [0.05, 0.1) is 22.3 Å². The highest BCUT2D eigenvalue weighted by molar-refractivity contribution is 7.98. The molecule has 126 valence electrons. The zero-order valence-corrected chi connectivity index (χ0v) is 15.3. The van der Waals surface area contributed by atoms with E-state index in [0.29, 0.717) is 11.7 Å². The van der Waals surface area contributed by atoms with Crippen molar-refractivity contribution in [3.63, 3.8) is 0 Å². The Bertz CT molecular complexity index is 802. The lowest BCUT2D eigenvalue weighted by atomic mass is 9.77. The van der Waals surface area contributed by atoms with Crippen LogP contribution in [0.15, 0.2) is 44.6 Å². The third-order valence-corrected chi connectivity index (χ3v) is 5.84. The van der Waals surface area contributed by atoms with Gasteiger partial charge in [-0.15, -0.1) is 35.5 Å². The van der Waals surface area contributed by atoms with Crippen LogP contribution >= 0.6 is 35.5 Å². The summed E-state index contributed by atoms with van der Waals surface area (Å²) in [4.78, 5) is 9.98. The molecule has 1 aromatic carbocycles. The number of rotatable bonds is 5. The van der Waals surface area contributed by atoms with Crippen LogP contribution in [0.25, 0.3) is 11.5 Å². The molecule has 0 amide bonds. The molecule has 0 unspecified atom stereocenters. The molecule has 0 atom stereocenters. The van der Waals surface area contributed by atoms with Crippen molar-refractivity contribution in [2.24, 2.45) is 5.73 Å². The van der Waals surface area contributed by atoms with Gasteiger partial charge in [-0.2, -0.15) is 4.98 Å². The molecule has 0 aliphatic heterocycles. The van der Waals surface area contributed by atoms with Gasteiger partial charge < -0.3 is 10.3 Å². The van der Waals surface area contributed by atoms with Crippen LogP contribution in [0, 0.1) is 0 Å². The molecule has 2 N–H and O–H groups in total. The Kier molecular flexibility index (Phi) is 5.24. The molecular weight excluding hydrogens is 364 g/mol. The molecule has 1 aliphatic rings. The van der Waals surface area contributed by atoms with Gasteiger partial charge in [0.1, 0.15) is 0 Å². The van der Waals surface area contributed by atoms with E-state index in [9.17, 15) is 0 Å². The normalized spacial score (nSPS) is 15.5. The molecule has 3 aromatic rings. The summed E-state index contributed by atoms with van der Waals surface area (Å²) >= 11 is 3.33. The van der Waals surface area contributed by atoms with Crippen LogP contribution in [0.2, 0.25) is 0 Å². The largest absolute Gasteiger partial charge is 0.334 e. The first-order valence-electron chi connectivity index (χ1n) is 7.47. The van der Waals surface area contributed by atoms with Gasteiger partial charge in [-0.1, -0.05) is 17.3 Å². The van der Waals surface area contributed by atoms with Gasteiger partial charge in [-0.05, 0) is 31.4 Å². The Hall–Kier alpha value is -1.41. The Labute approximate surface area is 154 Å². The molecule has 2 aromatic heterocycles. The van der Waals surface area contributed by atoms with Crippen LogP contribution in [0.4, 0.5) is 0 Å². The molecule has 0 radical (unpaired) electrons. The van der Waals surface area contributed by atoms with Crippen molar-refractivity contribution in [3.05, 3.63) is 46.7 Å². The van der Waals surface area contributed by atoms with Gasteiger partial charge in [0.25, 0.3) is 5.89 Å². The number of thioether (sulfide) groups is 1. The lowest BCUT2D eigenvalue weighted by Gasteiger charge is -2.34. The fourth-order valence-corrected chi connectivity index (χ4v) is 4.16. The van der Waals surface area contributed by atoms with Crippen molar-refractivity contribution >= 4 is 35.5 Å². The molecule has 0 spiro atoms. The van der Waals surface area contributed by atoms with E-state index in [1.807, 2.05) is 23.7 Å². The summed E-state index contributed by atoms with van der Waals surface area (Å²) in [5, 5.41) is 6.17. The third-order valence-electron chi connectivity index (χ3n) is 4.09. The van der Waals surface area contributed by atoms with E-state index < -0.39 is 5.54 Å². The van der Waals surface area contributed by atoms with Gasteiger partial charge >= 0.3 is 0 Å². The molecule has 8 heteroatoms. The number of nitrogens with two attached hydrogens (primary N) is 1. The Balaban J connectivity index is 0.00000169. The monoisotopic (exact) mass is 380 g/mol. The lowest BCUT2D eigenvalue weighted by Crippen LogP contribution is -2.44. The molecule has 1 fully saturated rings. The van der Waals surface area contributed by atoms with Crippen LogP contribution in [0.1, 0.15) is 30.8 Å². The van der Waals surface area contributed by atoms with Crippen molar-refractivity contribution in [1.82, 2.24) is 15.1 Å². The minimum absolute atomic E-state index is 0. The first kappa shape index (κ1) is 17.4. The summed E-state index contributed by atoms with van der Waals surface area (Å²) < 4.78 is 5.48. The van der Waals surface area contributed by atoms with Crippen LogP contribution in [0.5, 0.6) is 0 Å². The van der Waals surface area contributed by atoms with Gasteiger partial charge in [-0.3, -0.25) is 0 Å². The van der Waals surface area contributed by atoms with Gasteiger partial charge in [0, 0.05) is 16.0 Å². The van der Waals surface area contributed by atoms with Crippen LogP contribution < -0.4 is 5.73 Å². The highest BCUT2D eigenvalue weighted by atomic mass is 35.5. The van der Waals surface area contributed by atoms with E-state index in [1.54, 1.807) is 23.1 Å². The van der Waals surface area contributed by atoms with Crippen molar-refractivity contribution in [2.45, 2.75) is 35.4 Å². The topological polar surface area (TPSA) is 77.8 Å². The number of halogens is 1. The van der Waals surface area contributed by atoms with E-state index >= 15 is 0 Å². The van der Waals surface area contributed by atoms with E-state index in [0.717, 1.165) is 41.2 Å². The van der Waals surface area contributed by atoms with E-state index in [-0.39, 0.29) is 12.4 Å². The third kappa shape index (κ3) is 3.35. The second-order valence-corrected chi connectivity index (χ2v) is 7.43. The van der Waals surface area contributed by atoms with Crippen molar-refractivity contribution < 1.29 is 4.52 Å². The second-order valence-electron chi connectivity index (χ2n) is 5.70. The molecule has 0 bridgehead atoms. The van der Waals surface area contributed by atoms with Crippen molar-refractivity contribution in [2.75, 3.05) is 0 Å². The highest BCUT2D eigenvalue weighted by Crippen LogP contribution is 2.39. The van der Waals surface area contributed by atoms with Gasteiger partial charge in [0.15, 0.2) is 5.82 Å². The minimum Gasteiger partial charge on any atom is -0.334 e. The summed E-state index contributed by atoms with van der Waals surface area (Å²) in [5.41, 5.74) is 9.77. The minimum atomic E-state index is -0.398. The molecule has 1 aliphatic carbocycles. The van der Waals surface area contributed by atoms with Gasteiger partial charge in [0.2, 0.25) is 0 Å². The fourth-order valence-electron chi connectivity index (χ4n) is 2.55. The standard InChI is InChI=1S/C16H16N4OS2.ClH/c17-16(6-3-7-16)15-19-14(21-20-15)12-4-1-2-5-13(12)23-9-11-8-22-10-18-11;/h1-2,4-5,8,10H,3,6-7,9,17H2;1H. The molecule has 1 saturated carbocycles. The van der Waals surface area contributed by atoms with Crippen LogP contribution in [0.3, 0.4) is 0 Å². The number of thiazole rings is 1. The Morgan fingerprint density at radius 1 is 1.29 bits per heavy atom. The van der Waals surface area contributed by atoms with Crippen molar-refractivity contribution in [3.8, 4) is 11.5 Å². The maximum Gasteiger partial charge on any atom is 0.259 e. The van der Waals surface area contributed by atoms with Crippen molar-refractivity contribution in [1.29, 1.82) is 0 Å². The summed E-state index contributed by atoms with van der Waals surface area (Å²) in [7, 11) is 0. The number of benzene rings is 1. The quantitative estimate of drug-likeness (QED) is 0.667. The van der Waals surface area contributed by atoms with Gasteiger partial charge in [-0.25, -0.2) is 4.98 Å². The first-order valence-corrected chi connectivity index (χ1v) is 9.40. The van der Waals surface area contributed by atoms with E-state index in [1.165, 1.54) is 0 Å². The molecule has 2 heterocycles. The summed E-state index contributed by atoms with van der Waals surface area (Å²) in [6.07, 6.45) is 2.97. The zero-order chi connectivity index (χ0) is 15.7. The molecule has 5 nitrogen and oxygen atoms in total. The number of hydrogen-bond donors (Lipinski definition) is 1. The Morgan fingerprint density at radius 3 is 2.83 bits per heavy atom. The maximum atomic E-state index is 6.28. The number of nitrogens with zero attached hydrogens (tertiary/aromatic N) is 3. The second kappa shape index (κ2) is 7.23. The van der Waals surface area contributed by atoms with Crippen LogP contribution in [-0.4, -0.2) is 15.1 Å². The molecule has 24 heavy (non-hydrogen) atoms. The fraction of sp³-hybridized carbons (Fsp3) is 0.312. The lowest BCUT2D eigenvalue weighted by molar-refractivity contribution is 0.229. The van der Waals surface area contributed by atoms with E-state index in [4.69, 9.17) is 10.3 Å². The van der Waals surface area contributed by atoms with Crippen LogP contribution in [-0.2, 0) is 11.3 Å². The summed E-state index contributed by atoms with van der Waals surface area (Å²) in [5.74, 6) is 1.98. The predicted molar refractivity (Wildman–Crippen MR) is 98.4 cm³/mol. The summed E-state index contributed by atoms with van der Waals surface area (Å²) in [6.45, 7) is 0. The molecular formula is C16H17ClN4OS2. The first-order chi connectivity index (χ1) is 11.2. The number of hydrogen-bond acceptors (Lipinski definition) is 7.